The van der Waals surface area contributed by atoms with E-state index < -0.39 is 11.9 Å². The van der Waals surface area contributed by atoms with Crippen molar-refractivity contribution in [3.63, 3.8) is 0 Å². The van der Waals surface area contributed by atoms with Crippen molar-refractivity contribution in [3.8, 4) is 0 Å². The average molecular weight is 251 g/mol. The summed E-state index contributed by atoms with van der Waals surface area (Å²) in [5.41, 5.74) is 0. The molecule has 0 bridgehead atoms. The maximum absolute atomic E-state index is 11.8. The zero-order valence-electron chi connectivity index (χ0n) is 10.6. The van der Waals surface area contributed by atoms with Crippen molar-refractivity contribution < 1.29 is 14.7 Å². The number of carbonyl (C=O) groups is 2. The maximum atomic E-state index is 11.8. The molecule has 100 valence electrons. The molecule has 3 saturated carbocycles. The van der Waals surface area contributed by atoms with Gasteiger partial charge in [-0.05, 0) is 24.7 Å². The molecule has 0 heterocycles. The van der Waals surface area contributed by atoms with Crippen LogP contribution in [0, 0.1) is 23.7 Å². The average Bonchev–Trinajstić information content (AvgIpc) is 3.24. The Kier molecular flexibility index (Phi) is 3.04. The van der Waals surface area contributed by atoms with Gasteiger partial charge in [0.2, 0.25) is 5.91 Å². The number of carbonyl (C=O) groups excluding carboxylic acids is 1. The van der Waals surface area contributed by atoms with Gasteiger partial charge in [0, 0.05) is 6.04 Å². The Balaban J connectivity index is 1.42. The van der Waals surface area contributed by atoms with Gasteiger partial charge in [-0.25, -0.2) is 0 Å². The lowest BCUT2D eigenvalue weighted by Crippen LogP contribution is -2.30. The van der Waals surface area contributed by atoms with Gasteiger partial charge in [0.05, 0.1) is 11.8 Å². The third kappa shape index (κ3) is 2.38. The smallest absolute Gasteiger partial charge is 0.307 e. The summed E-state index contributed by atoms with van der Waals surface area (Å²) in [5.74, 6) is -0.0396. The Labute approximate surface area is 107 Å². The molecule has 4 heteroatoms. The SMILES string of the molecule is O=C(O)C1CC1C(=O)NC1CC1C1CCCCC1. The topological polar surface area (TPSA) is 66.4 Å². The summed E-state index contributed by atoms with van der Waals surface area (Å²) in [6.07, 6.45) is 8.32. The van der Waals surface area contributed by atoms with Crippen LogP contribution in [0.4, 0.5) is 0 Å². The lowest BCUT2D eigenvalue weighted by Gasteiger charge is -2.21. The lowest BCUT2D eigenvalue weighted by molar-refractivity contribution is -0.140. The van der Waals surface area contributed by atoms with Crippen LogP contribution in [0.2, 0.25) is 0 Å². The molecule has 0 spiro atoms. The Morgan fingerprint density at radius 1 is 1.00 bits per heavy atom. The summed E-state index contributed by atoms with van der Waals surface area (Å²) in [6.45, 7) is 0. The van der Waals surface area contributed by atoms with Gasteiger partial charge in [0.15, 0.2) is 0 Å². The van der Waals surface area contributed by atoms with Gasteiger partial charge in [-0.1, -0.05) is 32.1 Å². The Hall–Kier alpha value is -1.06. The van der Waals surface area contributed by atoms with E-state index in [1.807, 2.05) is 0 Å². The molecular formula is C14H21NO3. The molecule has 0 aromatic carbocycles. The Morgan fingerprint density at radius 3 is 2.33 bits per heavy atom. The molecule has 0 saturated heterocycles. The highest BCUT2D eigenvalue weighted by Gasteiger charge is 2.51. The van der Waals surface area contributed by atoms with Crippen LogP contribution in [0.3, 0.4) is 0 Å². The molecule has 0 radical (unpaired) electrons. The number of hydrogen-bond acceptors (Lipinski definition) is 2. The van der Waals surface area contributed by atoms with Crippen LogP contribution in [0.5, 0.6) is 0 Å². The zero-order valence-corrected chi connectivity index (χ0v) is 10.6. The summed E-state index contributed by atoms with van der Waals surface area (Å²) in [6, 6.07) is 0.343. The summed E-state index contributed by atoms with van der Waals surface area (Å²) < 4.78 is 0. The summed E-state index contributed by atoms with van der Waals surface area (Å²) in [5, 5.41) is 11.8. The number of aliphatic carboxylic acids is 1. The van der Waals surface area contributed by atoms with E-state index in [2.05, 4.69) is 5.32 Å². The summed E-state index contributed by atoms with van der Waals surface area (Å²) in [7, 11) is 0. The molecule has 4 atom stereocenters. The van der Waals surface area contributed by atoms with Crippen molar-refractivity contribution >= 4 is 11.9 Å². The van der Waals surface area contributed by atoms with E-state index in [4.69, 9.17) is 5.11 Å². The molecule has 4 nitrogen and oxygen atoms in total. The van der Waals surface area contributed by atoms with E-state index >= 15 is 0 Å². The van der Waals surface area contributed by atoms with E-state index in [0.29, 0.717) is 18.4 Å². The lowest BCUT2D eigenvalue weighted by atomic mass is 9.85. The fourth-order valence-corrected chi connectivity index (χ4v) is 3.51. The molecule has 4 unspecified atom stereocenters. The van der Waals surface area contributed by atoms with Crippen LogP contribution < -0.4 is 5.32 Å². The highest BCUT2D eigenvalue weighted by molar-refractivity contribution is 5.89. The van der Waals surface area contributed by atoms with Crippen molar-refractivity contribution in [1.29, 1.82) is 0 Å². The zero-order chi connectivity index (χ0) is 12.7. The normalized spacial score (nSPS) is 39.1. The third-order valence-corrected chi connectivity index (χ3v) is 4.87. The van der Waals surface area contributed by atoms with E-state index in [0.717, 1.165) is 12.3 Å². The van der Waals surface area contributed by atoms with Crippen LogP contribution >= 0.6 is 0 Å². The minimum Gasteiger partial charge on any atom is -0.481 e. The van der Waals surface area contributed by atoms with Crippen LogP contribution in [0.1, 0.15) is 44.9 Å². The van der Waals surface area contributed by atoms with Gasteiger partial charge in [-0.3, -0.25) is 9.59 Å². The van der Waals surface area contributed by atoms with Crippen molar-refractivity contribution in [2.45, 2.75) is 51.0 Å². The molecule has 3 aliphatic rings. The summed E-state index contributed by atoms with van der Waals surface area (Å²) in [4.78, 5) is 22.5. The molecule has 0 aromatic heterocycles. The Bertz CT molecular complexity index is 362. The quantitative estimate of drug-likeness (QED) is 0.800. The molecule has 3 aliphatic carbocycles. The standard InChI is InChI=1S/C14H21NO3/c16-13(10-6-11(10)14(17)18)15-12-7-9(12)8-4-2-1-3-5-8/h8-12H,1-7H2,(H,15,16)(H,17,18). The van der Waals surface area contributed by atoms with E-state index in [1.165, 1.54) is 32.1 Å². The predicted octanol–water partition coefficient (Wildman–Crippen LogP) is 1.79. The molecule has 0 aliphatic heterocycles. The molecule has 2 N–H and O–H groups in total. The molecular weight excluding hydrogens is 230 g/mol. The van der Waals surface area contributed by atoms with Gasteiger partial charge in [0.25, 0.3) is 0 Å². The second-order valence-electron chi connectivity index (χ2n) is 6.20. The fourth-order valence-electron chi connectivity index (χ4n) is 3.51. The third-order valence-electron chi connectivity index (χ3n) is 4.87. The second-order valence-corrected chi connectivity index (χ2v) is 6.20. The first-order valence-electron chi connectivity index (χ1n) is 7.20. The monoisotopic (exact) mass is 251 g/mol. The molecule has 18 heavy (non-hydrogen) atoms. The van der Waals surface area contributed by atoms with Gasteiger partial charge in [-0.15, -0.1) is 0 Å². The first-order valence-corrected chi connectivity index (χ1v) is 7.20. The van der Waals surface area contributed by atoms with Gasteiger partial charge < -0.3 is 10.4 Å². The highest BCUT2D eigenvalue weighted by Crippen LogP contribution is 2.45. The van der Waals surface area contributed by atoms with Crippen molar-refractivity contribution in [1.82, 2.24) is 5.32 Å². The first-order chi connectivity index (χ1) is 8.66. The second kappa shape index (κ2) is 4.56. The predicted molar refractivity (Wildman–Crippen MR) is 65.8 cm³/mol. The first kappa shape index (κ1) is 12.0. The highest BCUT2D eigenvalue weighted by atomic mass is 16.4. The number of carboxylic acids is 1. The van der Waals surface area contributed by atoms with E-state index in [-0.39, 0.29) is 11.8 Å². The van der Waals surface area contributed by atoms with Gasteiger partial charge >= 0.3 is 5.97 Å². The number of carboxylic acid groups (broad SMARTS) is 1. The van der Waals surface area contributed by atoms with E-state index in [1.54, 1.807) is 0 Å². The van der Waals surface area contributed by atoms with Gasteiger partial charge in [0.1, 0.15) is 0 Å². The van der Waals surface area contributed by atoms with Crippen molar-refractivity contribution in [3.05, 3.63) is 0 Å². The molecule has 3 rings (SSSR count). The van der Waals surface area contributed by atoms with Crippen molar-refractivity contribution in [2.24, 2.45) is 23.7 Å². The van der Waals surface area contributed by atoms with Crippen LogP contribution in [0.15, 0.2) is 0 Å². The number of hydrogen-bond donors (Lipinski definition) is 2. The molecule has 3 fully saturated rings. The molecule has 0 aromatic rings. The minimum atomic E-state index is -0.824. The maximum Gasteiger partial charge on any atom is 0.307 e. The largest absolute Gasteiger partial charge is 0.481 e. The van der Waals surface area contributed by atoms with Crippen LogP contribution in [0.25, 0.3) is 0 Å². The van der Waals surface area contributed by atoms with Crippen LogP contribution in [-0.2, 0) is 9.59 Å². The molecule has 1 amide bonds. The summed E-state index contributed by atoms with van der Waals surface area (Å²) >= 11 is 0. The van der Waals surface area contributed by atoms with Gasteiger partial charge in [-0.2, -0.15) is 0 Å². The number of nitrogens with one attached hydrogen (secondary N) is 1. The minimum absolute atomic E-state index is 0.0225. The Morgan fingerprint density at radius 2 is 1.72 bits per heavy atom. The van der Waals surface area contributed by atoms with Crippen molar-refractivity contribution in [2.75, 3.05) is 0 Å². The number of amides is 1. The fraction of sp³-hybridized carbons (Fsp3) is 0.857. The number of rotatable bonds is 4. The van der Waals surface area contributed by atoms with Crippen LogP contribution in [-0.4, -0.2) is 23.0 Å². The van der Waals surface area contributed by atoms with E-state index in [9.17, 15) is 9.59 Å².